The average molecular weight is 285 g/mol. The molecule has 0 saturated carbocycles. The molecule has 0 aliphatic rings. The van der Waals surface area contributed by atoms with Gasteiger partial charge in [-0.3, -0.25) is 4.57 Å². The van der Waals surface area contributed by atoms with Gasteiger partial charge in [0.2, 0.25) is 0 Å². The fourth-order valence-electron chi connectivity index (χ4n) is 1.31. The molecule has 2 aromatic rings. The van der Waals surface area contributed by atoms with Crippen LogP contribution < -0.4 is 0 Å². The zero-order valence-corrected chi connectivity index (χ0v) is 11.1. The van der Waals surface area contributed by atoms with Gasteiger partial charge in [0.15, 0.2) is 6.73 Å². The minimum atomic E-state index is 0.239. The lowest BCUT2D eigenvalue weighted by molar-refractivity contribution is 0.0837. The van der Waals surface area contributed by atoms with Gasteiger partial charge in [-0.1, -0.05) is 28.4 Å². The molecular formula is C11H10Cl2N4O. The van der Waals surface area contributed by atoms with Crippen LogP contribution in [0.3, 0.4) is 0 Å². The van der Waals surface area contributed by atoms with Crippen LogP contribution in [-0.2, 0) is 11.6 Å². The van der Waals surface area contributed by atoms with E-state index in [9.17, 15) is 0 Å². The van der Waals surface area contributed by atoms with Crippen molar-refractivity contribution in [2.24, 2.45) is 5.16 Å². The first-order valence-electron chi connectivity index (χ1n) is 5.11. The number of benzene rings is 1. The Morgan fingerprint density at radius 3 is 2.78 bits per heavy atom. The highest BCUT2D eigenvalue weighted by Gasteiger charge is 2.05. The van der Waals surface area contributed by atoms with Gasteiger partial charge in [-0.15, -0.1) is 10.2 Å². The molecule has 0 unspecified atom stereocenters. The molecule has 0 amide bonds. The van der Waals surface area contributed by atoms with Gasteiger partial charge in [0.1, 0.15) is 12.7 Å². The zero-order valence-electron chi connectivity index (χ0n) is 9.55. The van der Waals surface area contributed by atoms with Crippen LogP contribution in [0.2, 0.25) is 10.0 Å². The molecule has 1 aromatic heterocycles. The van der Waals surface area contributed by atoms with E-state index in [1.54, 1.807) is 29.7 Å². The van der Waals surface area contributed by atoms with Crippen molar-refractivity contribution in [3.05, 3.63) is 46.5 Å². The van der Waals surface area contributed by atoms with E-state index in [1.807, 2.05) is 0 Å². The molecule has 0 saturated heterocycles. The molecule has 7 heteroatoms. The molecular weight excluding hydrogens is 275 g/mol. The highest BCUT2D eigenvalue weighted by atomic mass is 35.5. The lowest BCUT2D eigenvalue weighted by Gasteiger charge is -2.05. The van der Waals surface area contributed by atoms with Crippen molar-refractivity contribution in [1.29, 1.82) is 0 Å². The molecule has 0 N–H and O–H groups in total. The molecule has 0 fully saturated rings. The third kappa shape index (κ3) is 3.21. The topological polar surface area (TPSA) is 52.3 Å². The Hall–Kier alpha value is -1.59. The predicted molar refractivity (Wildman–Crippen MR) is 69.8 cm³/mol. The van der Waals surface area contributed by atoms with E-state index in [4.69, 9.17) is 28.0 Å². The van der Waals surface area contributed by atoms with Gasteiger partial charge in [0.25, 0.3) is 0 Å². The smallest absolute Gasteiger partial charge is 0.195 e. The van der Waals surface area contributed by atoms with Gasteiger partial charge in [0, 0.05) is 15.6 Å². The molecule has 0 radical (unpaired) electrons. The second-order valence-corrected chi connectivity index (χ2v) is 4.38. The predicted octanol–water partition coefficient (Wildman–Crippen LogP) is 2.98. The molecule has 2 rings (SSSR count). The number of halogens is 2. The number of hydrogen-bond donors (Lipinski definition) is 0. The van der Waals surface area contributed by atoms with Crippen molar-refractivity contribution in [2.75, 3.05) is 0 Å². The molecule has 18 heavy (non-hydrogen) atoms. The van der Waals surface area contributed by atoms with Gasteiger partial charge in [0.05, 0.1) is 5.71 Å². The maximum absolute atomic E-state index is 6.05. The minimum Gasteiger partial charge on any atom is -0.373 e. The van der Waals surface area contributed by atoms with Crippen LogP contribution in [0.15, 0.2) is 36.0 Å². The fourth-order valence-corrected chi connectivity index (χ4v) is 1.73. The van der Waals surface area contributed by atoms with Gasteiger partial charge < -0.3 is 4.84 Å². The number of nitrogens with zero attached hydrogens (tertiary/aromatic N) is 4. The maximum atomic E-state index is 6.05. The second-order valence-electron chi connectivity index (χ2n) is 3.54. The summed E-state index contributed by atoms with van der Waals surface area (Å²) >= 11 is 12.0. The molecule has 0 bridgehead atoms. The summed E-state index contributed by atoms with van der Waals surface area (Å²) in [6, 6.07) is 5.18. The Morgan fingerprint density at radius 2 is 2.06 bits per heavy atom. The van der Waals surface area contributed by atoms with Gasteiger partial charge in [-0.05, 0) is 25.1 Å². The number of rotatable bonds is 4. The lowest BCUT2D eigenvalue weighted by atomic mass is 10.1. The summed E-state index contributed by atoms with van der Waals surface area (Å²) in [6.07, 6.45) is 3.08. The molecule has 94 valence electrons. The second kappa shape index (κ2) is 5.84. The van der Waals surface area contributed by atoms with E-state index in [0.29, 0.717) is 15.8 Å². The minimum absolute atomic E-state index is 0.239. The van der Waals surface area contributed by atoms with Crippen LogP contribution >= 0.6 is 23.2 Å². The summed E-state index contributed by atoms with van der Waals surface area (Å²) < 4.78 is 1.65. The van der Waals surface area contributed by atoms with Crippen molar-refractivity contribution in [1.82, 2.24) is 14.8 Å². The van der Waals surface area contributed by atoms with Crippen LogP contribution in [0.5, 0.6) is 0 Å². The molecule has 0 aliphatic heterocycles. The van der Waals surface area contributed by atoms with E-state index < -0.39 is 0 Å². The van der Waals surface area contributed by atoms with Crippen LogP contribution in [-0.4, -0.2) is 20.5 Å². The first kappa shape index (κ1) is 12.9. The van der Waals surface area contributed by atoms with Crippen molar-refractivity contribution in [3.8, 4) is 0 Å². The quantitative estimate of drug-likeness (QED) is 0.641. The molecule has 1 aromatic carbocycles. The van der Waals surface area contributed by atoms with Crippen molar-refractivity contribution in [3.63, 3.8) is 0 Å². The van der Waals surface area contributed by atoms with E-state index >= 15 is 0 Å². The van der Waals surface area contributed by atoms with Crippen LogP contribution in [0.4, 0.5) is 0 Å². The standard InChI is InChI=1S/C11H10Cl2N4O/c1-8(10-4-9(12)2-3-11(10)13)16-18-7-17-5-14-15-6-17/h2-6H,7H2,1H3/b16-8+. The van der Waals surface area contributed by atoms with E-state index in [0.717, 1.165) is 5.56 Å². The molecule has 0 aliphatic carbocycles. The van der Waals surface area contributed by atoms with Crippen molar-refractivity contribution in [2.45, 2.75) is 13.7 Å². The van der Waals surface area contributed by atoms with Crippen molar-refractivity contribution < 1.29 is 4.84 Å². The highest BCUT2D eigenvalue weighted by Crippen LogP contribution is 2.21. The Bertz CT molecular complexity index is 554. The monoisotopic (exact) mass is 284 g/mol. The van der Waals surface area contributed by atoms with Crippen LogP contribution in [0, 0.1) is 0 Å². The number of aromatic nitrogens is 3. The normalized spacial score (nSPS) is 11.6. The lowest BCUT2D eigenvalue weighted by Crippen LogP contribution is -2.01. The summed E-state index contributed by atoms with van der Waals surface area (Å²) in [7, 11) is 0. The third-order valence-corrected chi connectivity index (χ3v) is 2.76. The summed E-state index contributed by atoms with van der Waals surface area (Å²) in [5, 5.41) is 12.4. The Labute approximate surface area is 114 Å². The van der Waals surface area contributed by atoms with E-state index in [-0.39, 0.29) is 6.73 Å². The maximum Gasteiger partial charge on any atom is 0.195 e. The Morgan fingerprint density at radius 1 is 1.33 bits per heavy atom. The Kier molecular flexibility index (Phi) is 4.17. The highest BCUT2D eigenvalue weighted by molar-refractivity contribution is 6.36. The number of oxime groups is 1. The molecule has 0 atom stereocenters. The average Bonchev–Trinajstić information content (AvgIpc) is 2.85. The zero-order chi connectivity index (χ0) is 13.0. The SMILES string of the molecule is C/C(=N\OCn1cnnc1)c1cc(Cl)ccc1Cl. The Balaban J connectivity index is 2.05. The summed E-state index contributed by atoms with van der Waals surface area (Å²) in [6.45, 7) is 2.03. The molecule has 1 heterocycles. The first-order valence-corrected chi connectivity index (χ1v) is 5.87. The fraction of sp³-hybridized carbons (Fsp3) is 0.182. The summed E-state index contributed by atoms with van der Waals surface area (Å²) in [4.78, 5) is 5.16. The van der Waals surface area contributed by atoms with Gasteiger partial charge in [-0.25, -0.2) is 0 Å². The summed E-state index contributed by atoms with van der Waals surface area (Å²) in [5.74, 6) is 0. The largest absolute Gasteiger partial charge is 0.373 e. The van der Waals surface area contributed by atoms with Gasteiger partial charge in [-0.2, -0.15) is 0 Å². The van der Waals surface area contributed by atoms with Crippen LogP contribution in [0.1, 0.15) is 12.5 Å². The number of hydrogen-bond acceptors (Lipinski definition) is 4. The summed E-state index contributed by atoms with van der Waals surface area (Å²) in [5.41, 5.74) is 1.39. The third-order valence-electron chi connectivity index (χ3n) is 2.19. The van der Waals surface area contributed by atoms with Gasteiger partial charge >= 0.3 is 0 Å². The molecule has 5 nitrogen and oxygen atoms in total. The van der Waals surface area contributed by atoms with Crippen molar-refractivity contribution >= 4 is 28.9 Å². The molecule has 0 spiro atoms. The van der Waals surface area contributed by atoms with E-state index in [1.165, 1.54) is 12.7 Å². The van der Waals surface area contributed by atoms with E-state index in [2.05, 4.69) is 15.4 Å². The van der Waals surface area contributed by atoms with Crippen LogP contribution in [0.25, 0.3) is 0 Å². The first-order chi connectivity index (χ1) is 8.66.